The number of piperazine rings is 1. The first-order valence-electron chi connectivity index (χ1n) is 12.3. The van der Waals surface area contributed by atoms with Gasteiger partial charge in [0.2, 0.25) is 11.8 Å². The topological polar surface area (TPSA) is 74.5 Å². The highest BCUT2D eigenvalue weighted by Gasteiger charge is 2.22. The summed E-state index contributed by atoms with van der Waals surface area (Å²) in [6.45, 7) is 6.87. The van der Waals surface area contributed by atoms with E-state index >= 15 is 0 Å². The minimum absolute atomic E-state index is 0.0885. The zero-order valence-electron chi connectivity index (χ0n) is 20.7. The van der Waals surface area contributed by atoms with Gasteiger partial charge in [0.15, 0.2) is 0 Å². The average molecular weight is 482 g/mol. The summed E-state index contributed by atoms with van der Waals surface area (Å²) in [7, 11) is 2.15. The van der Waals surface area contributed by atoms with Gasteiger partial charge in [-0.3, -0.25) is 9.69 Å². The zero-order valence-corrected chi connectivity index (χ0v) is 20.7. The summed E-state index contributed by atoms with van der Waals surface area (Å²) < 4.78 is 5.92. The quantitative estimate of drug-likeness (QED) is 0.421. The van der Waals surface area contributed by atoms with Crippen LogP contribution in [0.15, 0.2) is 83.3 Å². The van der Waals surface area contributed by atoms with Gasteiger partial charge in [-0.25, -0.2) is 0 Å². The number of nitrogens with zero attached hydrogens (tertiary/aromatic N) is 4. The Morgan fingerprint density at radius 2 is 1.56 bits per heavy atom. The van der Waals surface area contributed by atoms with E-state index in [2.05, 4.69) is 44.5 Å². The normalized spacial score (nSPS) is 15.5. The van der Waals surface area contributed by atoms with Crippen molar-refractivity contribution >= 4 is 5.91 Å². The highest BCUT2D eigenvalue weighted by Crippen LogP contribution is 2.26. The Labute approximate surface area is 211 Å². The van der Waals surface area contributed by atoms with E-state index in [1.165, 1.54) is 0 Å². The standard InChI is InChI=1S/C29H31N5O2/c1-21-8-6-7-11-25(21)29-32-31-28(36-29)24-14-12-23(13-15-24)27(35)30-26(22-9-4-3-5-10-22)20-34-18-16-33(2)17-19-34/h3-15,26H,16-20H2,1-2H3,(H,30,35). The van der Waals surface area contributed by atoms with Gasteiger partial charge in [-0.15, -0.1) is 10.2 Å². The van der Waals surface area contributed by atoms with Gasteiger partial charge in [-0.1, -0.05) is 48.5 Å². The number of carbonyl (C=O) groups excluding carboxylic acids is 1. The lowest BCUT2D eigenvalue weighted by Crippen LogP contribution is -2.47. The van der Waals surface area contributed by atoms with Crippen LogP contribution in [-0.2, 0) is 0 Å². The monoisotopic (exact) mass is 481 g/mol. The first-order chi connectivity index (χ1) is 17.6. The molecule has 1 fully saturated rings. The van der Waals surface area contributed by atoms with Gasteiger partial charge in [0, 0.05) is 49.4 Å². The Balaban J connectivity index is 1.29. The van der Waals surface area contributed by atoms with Crippen molar-refractivity contribution in [3.63, 3.8) is 0 Å². The van der Waals surface area contributed by atoms with E-state index in [1.807, 2.05) is 61.5 Å². The lowest BCUT2D eigenvalue weighted by molar-refractivity contribution is 0.0907. The zero-order chi connectivity index (χ0) is 24.9. The van der Waals surface area contributed by atoms with Crippen LogP contribution in [0.3, 0.4) is 0 Å². The summed E-state index contributed by atoms with van der Waals surface area (Å²) >= 11 is 0. The molecule has 0 radical (unpaired) electrons. The van der Waals surface area contributed by atoms with Crippen LogP contribution in [0.5, 0.6) is 0 Å². The van der Waals surface area contributed by atoms with Crippen molar-refractivity contribution < 1.29 is 9.21 Å². The summed E-state index contributed by atoms with van der Waals surface area (Å²) in [5.74, 6) is 0.813. The van der Waals surface area contributed by atoms with E-state index in [4.69, 9.17) is 4.42 Å². The van der Waals surface area contributed by atoms with E-state index in [0.717, 1.165) is 55.0 Å². The summed E-state index contributed by atoms with van der Waals surface area (Å²) in [5, 5.41) is 11.7. The van der Waals surface area contributed by atoms with Gasteiger partial charge in [-0.05, 0) is 55.4 Å². The highest BCUT2D eigenvalue weighted by atomic mass is 16.4. The molecule has 184 valence electrons. The molecule has 7 nitrogen and oxygen atoms in total. The fourth-order valence-electron chi connectivity index (χ4n) is 4.48. The summed E-state index contributed by atoms with van der Waals surface area (Å²) in [6.07, 6.45) is 0. The predicted octanol–water partition coefficient (Wildman–Crippen LogP) is 4.43. The van der Waals surface area contributed by atoms with Crippen molar-refractivity contribution in [3.8, 4) is 22.9 Å². The molecule has 3 aromatic carbocycles. The highest BCUT2D eigenvalue weighted by molar-refractivity contribution is 5.94. The second-order valence-electron chi connectivity index (χ2n) is 9.35. The van der Waals surface area contributed by atoms with E-state index in [0.29, 0.717) is 17.3 Å². The van der Waals surface area contributed by atoms with Crippen LogP contribution < -0.4 is 5.32 Å². The summed E-state index contributed by atoms with van der Waals surface area (Å²) in [6, 6.07) is 25.3. The van der Waals surface area contributed by atoms with Gasteiger partial charge >= 0.3 is 0 Å². The number of aryl methyl sites for hydroxylation is 1. The van der Waals surface area contributed by atoms with Crippen LogP contribution in [0.2, 0.25) is 0 Å². The van der Waals surface area contributed by atoms with E-state index < -0.39 is 0 Å². The van der Waals surface area contributed by atoms with Crippen molar-refractivity contribution in [2.45, 2.75) is 13.0 Å². The largest absolute Gasteiger partial charge is 0.416 e. The fourth-order valence-corrected chi connectivity index (χ4v) is 4.48. The van der Waals surface area contributed by atoms with Crippen LogP contribution >= 0.6 is 0 Å². The SMILES string of the molecule is Cc1ccccc1-c1nnc(-c2ccc(C(=O)NC(CN3CCN(C)CC3)c3ccccc3)cc2)o1. The minimum Gasteiger partial charge on any atom is -0.416 e. The maximum atomic E-state index is 13.2. The molecule has 1 atom stereocenters. The second kappa shape index (κ2) is 10.8. The van der Waals surface area contributed by atoms with Gasteiger partial charge in [0.25, 0.3) is 5.91 Å². The molecule has 1 aliphatic rings. The van der Waals surface area contributed by atoms with E-state index in [1.54, 1.807) is 12.1 Å². The lowest BCUT2D eigenvalue weighted by Gasteiger charge is -2.35. The minimum atomic E-state index is -0.101. The molecule has 36 heavy (non-hydrogen) atoms. The van der Waals surface area contributed by atoms with Crippen molar-refractivity contribution in [2.24, 2.45) is 0 Å². The Bertz CT molecular complexity index is 1290. The fraction of sp³-hybridized carbons (Fsp3) is 0.276. The average Bonchev–Trinajstić information content (AvgIpc) is 3.40. The summed E-state index contributed by atoms with van der Waals surface area (Å²) in [4.78, 5) is 18.0. The molecular weight excluding hydrogens is 450 g/mol. The van der Waals surface area contributed by atoms with Gasteiger partial charge in [0.1, 0.15) is 0 Å². The summed E-state index contributed by atoms with van der Waals surface area (Å²) in [5.41, 5.74) is 4.47. The smallest absolute Gasteiger partial charge is 0.251 e. The molecule has 1 aliphatic heterocycles. The van der Waals surface area contributed by atoms with Crippen molar-refractivity contribution in [1.82, 2.24) is 25.3 Å². The number of hydrogen-bond acceptors (Lipinski definition) is 6. The number of hydrogen-bond donors (Lipinski definition) is 1. The molecule has 5 rings (SSSR count). The molecule has 0 bridgehead atoms. The van der Waals surface area contributed by atoms with Crippen molar-refractivity contribution in [3.05, 3.63) is 95.6 Å². The number of benzene rings is 3. The molecule has 1 N–H and O–H groups in total. The molecule has 0 aliphatic carbocycles. The Hall–Kier alpha value is -3.81. The third kappa shape index (κ3) is 5.53. The van der Waals surface area contributed by atoms with Crippen LogP contribution in [0.4, 0.5) is 0 Å². The lowest BCUT2D eigenvalue weighted by atomic mass is 10.0. The van der Waals surface area contributed by atoms with Gasteiger partial charge in [-0.2, -0.15) is 0 Å². The van der Waals surface area contributed by atoms with Crippen LogP contribution in [0.1, 0.15) is 27.5 Å². The third-order valence-corrected chi connectivity index (χ3v) is 6.74. The molecule has 0 spiro atoms. The first-order valence-corrected chi connectivity index (χ1v) is 12.3. The number of amides is 1. The molecule has 2 heterocycles. The van der Waals surface area contributed by atoms with Crippen molar-refractivity contribution in [2.75, 3.05) is 39.8 Å². The number of rotatable bonds is 7. The molecule has 1 aromatic heterocycles. The maximum absolute atomic E-state index is 13.2. The van der Waals surface area contributed by atoms with Crippen LogP contribution in [0.25, 0.3) is 22.9 Å². The molecule has 7 heteroatoms. The van der Waals surface area contributed by atoms with Gasteiger partial charge in [0.05, 0.1) is 6.04 Å². The molecule has 1 amide bonds. The Morgan fingerprint density at radius 3 is 2.28 bits per heavy atom. The van der Waals surface area contributed by atoms with E-state index in [9.17, 15) is 4.79 Å². The van der Waals surface area contributed by atoms with Crippen molar-refractivity contribution in [1.29, 1.82) is 0 Å². The second-order valence-corrected chi connectivity index (χ2v) is 9.35. The van der Waals surface area contributed by atoms with E-state index in [-0.39, 0.29) is 11.9 Å². The first kappa shape index (κ1) is 23.9. The third-order valence-electron chi connectivity index (χ3n) is 6.74. The molecular formula is C29H31N5O2. The van der Waals surface area contributed by atoms with Crippen LogP contribution in [-0.4, -0.2) is 65.7 Å². The van der Waals surface area contributed by atoms with Crippen LogP contribution in [0, 0.1) is 6.92 Å². The Kier molecular flexibility index (Phi) is 7.21. The molecule has 1 unspecified atom stereocenters. The number of carbonyl (C=O) groups is 1. The number of aromatic nitrogens is 2. The Morgan fingerprint density at radius 1 is 0.889 bits per heavy atom. The van der Waals surface area contributed by atoms with Gasteiger partial charge < -0.3 is 14.6 Å². The number of nitrogens with one attached hydrogen (secondary N) is 1. The predicted molar refractivity (Wildman–Crippen MR) is 140 cm³/mol. The molecule has 1 saturated heterocycles. The molecule has 0 saturated carbocycles. The maximum Gasteiger partial charge on any atom is 0.251 e. The number of likely N-dealkylation sites (N-methyl/N-ethyl adjacent to an activating group) is 1. The molecule has 4 aromatic rings.